The molecule has 2 N–H and O–H groups in total. The van der Waals surface area contributed by atoms with Gasteiger partial charge < -0.3 is 10.6 Å². The second-order valence-corrected chi connectivity index (χ2v) is 6.23. The number of thiophene rings is 1. The predicted molar refractivity (Wildman–Crippen MR) is 87.7 cm³/mol. The molecule has 0 amide bonds. The molecular formula is C15H17FN2S2. The highest BCUT2D eigenvalue weighted by Crippen LogP contribution is 2.25. The summed E-state index contributed by atoms with van der Waals surface area (Å²) in [5, 5.41) is 9.00. The van der Waals surface area contributed by atoms with Crippen molar-refractivity contribution in [2.24, 2.45) is 5.92 Å². The average molecular weight is 308 g/mol. The Kier molecular flexibility index (Phi) is 5.09. The molecule has 5 heteroatoms. The van der Waals surface area contributed by atoms with Crippen molar-refractivity contribution in [3.63, 3.8) is 0 Å². The van der Waals surface area contributed by atoms with Crippen LogP contribution in [-0.2, 0) is 0 Å². The van der Waals surface area contributed by atoms with Crippen molar-refractivity contribution < 1.29 is 4.39 Å². The van der Waals surface area contributed by atoms with E-state index in [-0.39, 0.29) is 11.9 Å². The van der Waals surface area contributed by atoms with Crippen molar-refractivity contribution in [1.29, 1.82) is 0 Å². The lowest BCUT2D eigenvalue weighted by atomic mass is 10.0. The number of thiocarbonyl (C=S) groups is 1. The smallest absolute Gasteiger partial charge is 0.171 e. The summed E-state index contributed by atoms with van der Waals surface area (Å²) in [4.78, 5) is 1.25. The highest BCUT2D eigenvalue weighted by atomic mass is 32.1. The van der Waals surface area contributed by atoms with Crippen molar-refractivity contribution in [1.82, 2.24) is 5.32 Å². The summed E-state index contributed by atoms with van der Waals surface area (Å²) in [6.45, 7) is 4.30. The zero-order chi connectivity index (χ0) is 14.5. The molecule has 1 atom stereocenters. The zero-order valence-electron chi connectivity index (χ0n) is 11.4. The maximum Gasteiger partial charge on any atom is 0.171 e. The summed E-state index contributed by atoms with van der Waals surface area (Å²) >= 11 is 7.04. The van der Waals surface area contributed by atoms with Crippen LogP contribution in [0.5, 0.6) is 0 Å². The third-order valence-electron chi connectivity index (χ3n) is 2.91. The van der Waals surface area contributed by atoms with Crippen LogP contribution in [0.3, 0.4) is 0 Å². The molecule has 0 bridgehead atoms. The van der Waals surface area contributed by atoms with E-state index >= 15 is 0 Å². The lowest BCUT2D eigenvalue weighted by molar-refractivity contribution is 0.480. The van der Waals surface area contributed by atoms with Gasteiger partial charge in [0.2, 0.25) is 0 Å². The first-order valence-electron chi connectivity index (χ1n) is 6.43. The molecule has 2 rings (SSSR count). The van der Waals surface area contributed by atoms with E-state index in [4.69, 9.17) is 12.2 Å². The van der Waals surface area contributed by atoms with Gasteiger partial charge in [-0.05, 0) is 53.8 Å². The Balaban J connectivity index is 2.00. The summed E-state index contributed by atoms with van der Waals surface area (Å²) in [5.41, 5.74) is 0.776. The summed E-state index contributed by atoms with van der Waals surface area (Å²) in [6, 6.07) is 10.5. The second kappa shape index (κ2) is 6.81. The van der Waals surface area contributed by atoms with Gasteiger partial charge in [-0.3, -0.25) is 0 Å². The van der Waals surface area contributed by atoms with Crippen molar-refractivity contribution in [3.8, 4) is 0 Å². The van der Waals surface area contributed by atoms with E-state index in [0.29, 0.717) is 11.0 Å². The lowest BCUT2D eigenvalue weighted by Crippen LogP contribution is -2.34. The highest BCUT2D eigenvalue weighted by molar-refractivity contribution is 7.80. The summed E-state index contributed by atoms with van der Waals surface area (Å²) in [6.07, 6.45) is 0. The number of nitrogens with one attached hydrogen (secondary N) is 2. The van der Waals surface area contributed by atoms with Gasteiger partial charge >= 0.3 is 0 Å². The molecule has 0 fully saturated rings. The molecule has 1 heterocycles. The molecule has 0 unspecified atom stereocenters. The van der Waals surface area contributed by atoms with E-state index in [1.54, 1.807) is 23.5 Å². The number of halogens is 1. The molecule has 1 aromatic carbocycles. The summed E-state index contributed by atoms with van der Waals surface area (Å²) in [7, 11) is 0. The maximum atomic E-state index is 12.9. The fraction of sp³-hybridized carbons (Fsp3) is 0.267. The number of hydrogen-bond donors (Lipinski definition) is 2. The molecule has 0 aliphatic heterocycles. The Morgan fingerprint density at radius 2 is 1.90 bits per heavy atom. The molecule has 0 spiro atoms. The second-order valence-electron chi connectivity index (χ2n) is 4.84. The van der Waals surface area contributed by atoms with Crippen molar-refractivity contribution in [3.05, 3.63) is 52.5 Å². The first kappa shape index (κ1) is 14.9. The molecule has 0 aliphatic rings. The monoisotopic (exact) mass is 308 g/mol. The van der Waals surface area contributed by atoms with Crippen LogP contribution in [0.25, 0.3) is 0 Å². The summed E-state index contributed by atoms with van der Waals surface area (Å²) in [5.74, 6) is 0.162. The van der Waals surface area contributed by atoms with Gasteiger partial charge in [-0.2, -0.15) is 0 Å². The number of anilines is 1. The lowest BCUT2D eigenvalue weighted by Gasteiger charge is -2.23. The van der Waals surface area contributed by atoms with Gasteiger partial charge in [0.1, 0.15) is 5.82 Å². The van der Waals surface area contributed by atoms with Crippen molar-refractivity contribution >= 4 is 34.4 Å². The number of benzene rings is 1. The first-order chi connectivity index (χ1) is 9.56. The normalized spacial score (nSPS) is 12.2. The van der Waals surface area contributed by atoms with Gasteiger partial charge in [-0.25, -0.2) is 4.39 Å². The molecule has 0 saturated carbocycles. The molecule has 0 aliphatic carbocycles. The molecule has 0 saturated heterocycles. The maximum absolute atomic E-state index is 12.9. The molecule has 0 radical (unpaired) electrons. The van der Waals surface area contributed by atoms with Crippen LogP contribution in [0.1, 0.15) is 24.8 Å². The van der Waals surface area contributed by atoms with Gasteiger partial charge in [0.05, 0.1) is 6.04 Å². The Morgan fingerprint density at radius 1 is 1.20 bits per heavy atom. The van der Waals surface area contributed by atoms with Gasteiger partial charge in [-0.15, -0.1) is 11.3 Å². The quantitative estimate of drug-likeness (QED) is 0.809. The largest absolute Gasteiger partial charge is 0.355 e. The molecule has 1 aromatic heterocycles. The van der Waals surface area contributed by atoms with Crippen LogP contribution in [-0.4, -0.2) is 5.11 Å². The number of hydrogen-bond acceptors (Lipinski definition) is 2. The van der Waals surface area contributed by atoms with Crippen LogP contribution >= 0.6 is 23.6 Å². The molecule has 2 nitrogen and oxygen atoms in total. The molecule has 2 aromatic rings. The van der Waals surface area contributed by atoms with Crippen LogP contribution < -0.4 is 10.6 Å². The molecular weight excluding hydrogens is 291 g/mol. The van der Waals surface area contributed by atoms with Crippen molar-refractivity contribution in [2.45, 2.75) is 19.9 Å². The molecule has 20 heavy (non-hydrogen) atoms. The highest BCUT2D eigenvalue weighted by Gasteiger charge is 2.17. The van der Waals surface area contributed by atoms with Crippen LogP contribution in [0.15, 0.2) is 41.8 Å². The Bertz CT molecular complexity index is 550. The Hall–Kier alpha value is -1.46. The van der Waals surface area contributed by atoms with Gasteiger partial charge in [0.25, 0.3) is 0 Å². The first-order valence-corrected chi connectivity index (χ1v) is 7.71. The van der Waals surface area contributed by atoms with Gasteiger partial charge in [0, 0.05) is 10.6 Å². The minimum Gasteiger partial charge on any atom is -0.355 e. The van der Waals surface area contributed by atoms with Crippen LogP contribution in [0.4, 0.5) is 10.1 Å². The van der Waals surface area contributed by atoms with E-state index < -0.39 is 0 Å². The fourth-order valence-electron chi connectivity index (χ4n) is 1.88. The van der Waals surface area contributed by atoms with E-state index in [1.165, 1.54) is 17.0 Å². The van der Waals surface area contributed by atoms with E-state index in [1.807, 2.05) is 6.07 Å². The van der Waals surface area contributed by atoms with Crippen LogP contribution in [0, 0.1) is 11.7 Å². The third-order valence-corrected chi connectivity index (χ3v) is 4.08. The third kappa shape index (κ3) is 4.02. The Labute approximate surface area is 128 Å². The zero-order valence-corrected chi connectivity index (χ0v) is 13.0. The SMILES string of the molecule is CC(C)[C@H](NC(=S)Nc1ccc(F)cc1)c1cccs1. The minimum atomic E-state index is -0.256. The predicted octanol–water partition coefficient (Wildman–Crippen LogP) is 4.57. The topological polar surface area (TPSA) is 24.1 Å². The van der Waals surface area contributed by atoms with Crippen molar-refractivity contribution in [2.75, 3.05) is 5.32 Å². The fourth-order valence-corrected chi connectivity index (χ4v) is 3.07. The van der Waals surface area contributed by atoms with Gasteiger partial charge in [-0.1, -0.05) is 19.9 Å². The van der Waals surface area contributed by atoms with E-state index in [9.17, 15) is 4.39 Å². The standard InChI is InChI=1S/C15H17FN2S2/c1-10(2)14(13-4-3-9-20-13)18-15(19)17-12-7-5-11(16)6-8-12/h3-10,14H,1-2H3,(H2,17,18,19)/t14-/m0/s1. The van der Waals surface area contributed by atoms with Gasteiger partial charge in [0.15, 0.2) is 5.11 Å². The Morgan fingerprint density at radius 3 is 2.45 bits per heavy atom. The molecule has 106 valence electrons. The summed E-state index contributed by atoms with van der Waals surface area (Å²) < 4.78 is 12.9. The van der Waals surface area contributed by atoms with E-state index in [0.717, 1.165) is 5.69 Å². The van der Waals surface area contributed by atoms with Crippen LogP contribution in [0.2, 0.25) is 0 Å². The average Bonchev–Trinajstić information content (AvgIpc) is 2.92. The number of rotatable bonds is 4. The minimum absolute atomic E-state index is 0.176. The van der Waals surface area contributed by atoms with E-state index in [2.05, 4.69) is 35.9 Å².